The number of anilines is 1. The van der Waals surface area contributed by atoms with Crippen LogP contribution in [-0.2, 0) is 4.79 Å². The Bertz CT molecular complexity index is 704. The van der Waals surface area contributed by atoms with Crippen molar-refractivity contribution < 1.29 is 13.9 Å². The van der Waals surface area contributed by atoms with Gasteiger partial charge in [-0.2, -0.15) is 0 Å². The van der Waals surface area contributed by atoms with Crippen LogP contribution in [0.25, 0.3) is 0 Å². The molecule has 1 amide bonds. The van der Waals surface area contributed by atoms with Gasteiger partial charge in [-0.15, -0.1) is 0 Å². The number of ether oxygens (including phenoxy) is 1. The molecule has 22 heavy (non-hydrogen) atoms. The quantitative estimate of drug-likeness (QED) is 0.693. The first kappa shape index (κ1) is 17.3. The molecule has 3 nitrogen and oxygen atoms in total. The standard InChI is InChI=1S/C14H8BrCl3FNO2/c15-9-5-8(19)1-2-12(9)20-13(21)6-22-14-10(17)3-7(16)4-11(14)18/h1-5H,6H2,(H,20,21). The van der Waals surface area contributed by atoms with E-state index < -0.39 is 11.7 Å². The minimum Gasteiger partial charge on any atom is -0.481 e. The van der Waals surface area contributed by atoms with Crippen LogP contribution in [0.15, 0.2) is 34.8 Å². The molecule has 0 spiro atoms. The Balaban J connectivity index is 2.02. The van der Waals surface area contributed by atoms with E-state index >= 15 is 0 Å². The van der Waals surface area contributed by atoms with E-state index in [-0.39, 0.29) is 22.4 Å². The fraction of sp³-hybridized carbons (Fsp3) is 0.0714. The number of halogens is 5. The van der Waals surface area contributed by atoms with Crippen LogP contribution in [0.2, 0.25) is 15.1 Å². The molecule has 0 aliphatic rings. The van der Waals surface area contributed by atoms with Crippen LogP contribution in [0.3, 0.4) is 0 Å². The summed E-state index contributed by atoms with van der Waals surface area (Å²) in [6.07, 6.45) is 0. The molecule has 116 valence electrons. The van der Waals surface area contributed by atoms with Gasteiger partial charge in [0.05, 0.1) is 15.7 Å². The number of carbonyl (C=O) groups is 1. The fourth-order valence-electron chi connectivity index (χ4n) is 1.58. The fourth-order valence-corrected chi connectivity index (χ4v) is 2.96. The largest absolute Gasteiger partial charge is 0.481 e. The molecule has 0 bridgehead atoms. The average molecular weight is 427 g/mol. The molecule has 0 atom stereocenters. The van der Waals surface area contributed by atoms with Crippen molar-refractivity contribution in [1.82, 2.24) is 0 Å². The Morgan fingerprint density at radius 2 is 1.82 bits per heavy atom. The van der Waals surface area contributed by atoms with Crippen molar-refractivity contribution in [3.63, 3.8) is 0 Å². The van der Waals surface area contributed by atoms with E-state index in [1.807, 2.05) is 0 Å². The van der Waals surface area contributed by atoms with Gasteiger partial charge in [0.1, 0.15) is 5.82 Å². The summed E-state index contributed by atoms with van der Waals surface area (Å²) in [6, 6.07) is 6.81. The van der Waals surface area contributed by atoms with Gasteiger partial charge in [-0.3, -0.25) is 4.79 Å². The van der Waals surface area contributed by atoms with Crippen LogP contribution in [0.4, 0.5) is 10.1 Å². The predicted octanol–water partition coefficient (Wildman–Crippen LogP) is 5.57. The van der Waals surface area contributed by atoms with E-state index in [1.54, 1.807) is 0 Å². The first-order valence-corrected chi connectivity index (χ1v) is 7.82. The van der Waals surface area contributed by atoms with Crippen molar-refractivity contribution in [1.29, 1.82) is 0 Å². The van der Waals surface area contributed by atoms with Crippen LogP contribution < -0.4 is 10.1 Å². The molecule has 0 fully saturated rings. The summed E-state index contributed by atoms with van der Waals surface area (Å²) in [5.74, 6) is -0.698. The minimum atomic E-state index is -0.450. The molecule has 2 aromatic carbocycles. The van der Waals surface area contributed by atoms with Crippen LogP contribution in [0.5, 0.6) is 5.75 Å². The molecule has 8 heteroatoms. The van der Waals surface area contributed by atoms with Gasteiger partial charge in [-0.05, 0) is 46.3 Å². The van der Waals surface area contributed by atoms with E-state index in [4.69, 9.17) is 39.5 Å². The molecule has 1 N–H and O–H groups in total. The van der Waals surface area contributed by atoms with Gasteiger partial charge in [-0.25, -0.2) is 4.39 Å². The lowest BCUT2D eigenvalue weighted by molar-refractivity contribution is -0.118. The number of amides is 1. The third kappa shape index (κ3) is 4.49. The highest BCUT2D eigenvalue weighted by atomic mass is 79.9. The lowest BCUT2D eigenvalue weighted by Crippen LogP contribution is -2.20. The second-order valence-corrected chi connectivity index (χ2v) is 6.26. The number of hydrogen-bond donors (Lipinski definition) is 1. The number of nitrogens with one attached hydrogen (secondary N) is 1. The molecule has 0 aliphatic carbocycles. The number of hydrogen-bond acceptors (Lipinski definition) is 2. The third-order valence-corrected chi connectivity index (χ3v) is 3.95. The summed E-state index contributed by atoms with van der Waals surface area (Å²) >= 11 is 20.8. The van der Waals surface area contributed by atoms with E-state index in [0.29, 0.717) is 15.2 Å². The predicted molar refractivity (Wildman–Crippen MR) is 89.7 cm³/mol. The van der Waals surface area contributed by atoms with Gasteiger partial charge >= 0.3 is 0 Å². The second kappa shape index (κ2) is 7.51. The van der Waals surface area contributed by atoms with Crippen molar-refractivity contribution in [3.8, 4) is 5.75 Å². The summed E-state index contributed by atoms with van der Waals surface area (Å²) in [4.78, 5) is 11.8. The van der Waals surface area contributed by atoms with E-state index in [0.717, 1.165) is 0 Å². The van der Waals surface area contributed by atoms with Crippen LogP contribution in [-0.4, -0.2) is 12.5 Å². The normalized spacial score (nSPS) is 10.4. The molecule has 0 saturated carbocycles. The van der Waals surface area contributed by atoms with E-state index in [1.165, 1.54) is 30.3 Å². The van der Waals surface area contributed by atoms with Crippen molar-refractivity contribution in [2.45, 2.75) is 0 Å². The van der Waals surface area contributed by atoms with Gasteiger partial charge in [0.2, 0.25) is 0 Å². The van der Waals surface area contributed by atoms with E-state index in [9.17, 15) is 9.18 Å². The number of rotatable bonds is 4. The Labute approximate surface area is 149 Å². The first-order valence-electron chi connectivity index (χ1n) is 5.89. The van der Waals surface area contributed by atoms with E-state index in [2.05, 4.69) is 21.2 Å². The van der Waals surface area contributed by atoms with Gasteiger partial charge in [0.15, 0.2) is 12.4 Å². The summed E-state index contributed by atoms with van der Waals surface area (Å²) < 4.78 is 18.7. The highest BCUT2D eigenvalue weighted by Crippen LogP contribution is 2.35. The molecule has 0 aromatic heterocycles. The Hall–Kier alpha value is -1.01. The van der Waals surface area contributed by atoms with Crippen molar-refractivity contribution in [3.05, 3.63) is 55.7 Å². The van der Waals surface area contributed by atoms with Crippen molar-refractivity contribution in [2.24, 2.45) is 0 Å². The average Bonchev–Trinajstić information content (AvgIpc) is 2.40. The minimum absolute atomic E-state index is 0.168. The van der Waals surface area contributed by atoms with Crippen LogP contribution in [0, 0.1) is 5.82 Å². The zero-order valence-corrected chi connectivity index (χ0v) is 14.7. The molecule has 0 heterocycles. The second-order valence-electron chi connectivity index (χ2n) is 4.16. The molecular formula is C14H8BrCl3FNO2. The van der Waals surface area contributed by atoms with Crippen LogP contribution >= 0.6 is 50.7 Å². The number of benzene rings is 2. The Morgan fingerprint density at radius 3 is 2.41 bits per heavy atom. The van der Waals surface area contributed by atoms with Gasteiger partial charge in [0.25, 0.3) is 5.91 Å². The molecule has 2 rings (SSSR count). The van der Waals surface area contributed by atoms with Gasteiger partial charge in [0, 0.05) is 9.50 Å². The maximum atomic E-state index is 13.0. The SMILES string of the molecule is O=C(COc1c(Cl)cc(Cl)cc1Cl)Nc1ccc(F)cc1Br. The zero-order chi connectivity index (χ0) is 16.3. The summed E-state index contributed by atoms with van der Waals surface area (Å²) in [7, 11) is 0. The van der Waals surface area contributed by atoms with Crippen molar-refractivity contribution in [2.75, 3.05) is 11.9 Å². The summed E-state index contributed by atoms with van der Waals surface area (Å²) in [5.41, 5.74) is 0.420. The van der Waals surface area contributed by atoms with Crippen LogP contribution in [0.1, 0.15) is 0 Å². The lowest BCUT2D eigenvalue weighted by Gasteiger charge is -2.11. The molecule has 0 unspecified atom stereocenters. The molecule has 0 saturated heterocycles. The summed E-state index contributed by atoms with van der Waals surface area (Å²) in [5, 5.41) is 3.34. The lowest BCUT2D eigenvalue weighted by atomic mass is 10.3. The highest BCUT2D eigenvalue weighted by molar-refractivity contribution is 9.10. The monoisotopic (exact) mass is 425 g/mol. The molecular weight excluding hydrogens is 419 g/mol. The number of carbonyl (C=O) groups excluding carboxylic acids is 1. The van der Waals surface area contributed by atoms with Gasteiger partial charge < -0.3 is 10.1 Å². The summed E-state index contributed by atoms with van der Waals surface area (Å²) in [6.45, 7) is -0.315. The topological polar surface area (TPSA) is 38.3 Å². The highest BCUT2D eigenvalue weighted by Gasteiger charge is 2.12. The molecule has 0 radical (unpaired) electrons. The van der Waals surface area contributed by atoms with Crippen molar-refractivity contribution >= 4 is 62.3 Å². The Morgan fingerprint density at radius 1 is 1.18 bits per heavy atom. The first-order chi connectivity index (χ1) is 10.4. The third-order valence-electron chi connectivity index (χ3n) is 2.52. The zero-order valence-electron chi connectivity index (χ0n) is 10.8. The maximum absolute atomic E-state index is 13.0. The Kier molecular flexibility index (Phi) is 5.92. The molecule has 0 aliphatic heterocycles. The van der Waals surface area contributed by atoms with Gasteiger partial charge in [-0.1, -0.05) is 34.8 Å². The maximum Gasteiger partial charge on any atom is 0.262 e. The smallest absolute Gasteiger partial charge is 0.262 e. The molecule has 2 aromatic rings.